The number of halogens is 2. The van der Waals surface area contributed by atoms with Gasteiger partial charge in [0.15, 0.2) is 17.2 Å². The molecule has 0 radical (unpaired) electrons. The maximum atomic E-state index is 13.9. The first-order valence-electron chi connectivity index (χ1n) is 7.88. The largest absolute Gasteiger partial charge is 0.464 e. The summed E-state index contributed by atoms with van der Waals surface area (Å²) < 4.78 is 32.3. The molecule has 0 spiro atoms. The monoisotopic (exact) mass is 346 g/mol. The van der Waals surface area contributed by atoms with E-state index in [9.17, 15) is 13.6 Å². The fourth-order valence-electron chi connectivity index (χ4n) is 2.24. The van der Waals surface area contributed by atoms with Gasteiger partial charge in [-0.25, -0.2) is 18.6 Å². The predicted octanol–water partition coefficient (Wildman–Crippen LogP) is 4.15. The van der Waals surface area contributed by atoms with Gasteiger partial charge in [-0.1, -0.05) is 30.3 Å². The lowest BCUT2D eigenvalue weighted by atomic mass is 10.0. The number of anilines is 1. The van der Waals surface area contributed by atoms with Crippen molar-refractivity contribution in [3.8, 4) is 0 Å². The van der Waals surface area contributed by atoms with E-state index in [-0.39, 0.29) is 12.2 Å². The van der Waals surface area contributed by atoms with Crippen LogP contribution >= 0.6 is 0 Å². The molecule has 0 heterocycles. The van der Waals surface area contributed by atoms with Crippen LogP contribution < -0.4 is 5.01 Å². The van der Waals surface area contributed by atoms with Crippen LogP contribution in [0.2, 0.25) is 0 Å². The minimum absolute atomic E-state index is 0.0133. The number of carbonyl (C=O) groups is 1. The number of ether oxygens (including phenoxy) is 1. The summed E-state index contributed by atoms with van der Waals surface area (Å²) in [7, 11) is 0. The molecule has 0 saturated heterocycles. The van der Waals surface area contributed by atoms with Crippen molar-refractivity contribution in [2.45, 2.75) is 26.3 Å². The van der Waals surface area contributed by atoms with Crippen LogP contribution in [0.15, 0.2) is 53.6 Å². The van der Waals surface area contributed by atoms with E-state index in [4.69, 9.17) is 4.74 Å². The Morgan fingerprint density at radius 1 is 1.16 bits per heavy atom. The SMILES string of the molecule is CCOC(=O)C(C)(C)N(/N=C/c1cccc(F)c1F)c1ccccc1. The molecule has 0 unspecified atom stereocenters. The Morgan fingerprint density at radius 3 is 2.48 bits per heavy atom. The second kappa shape index (κ2) is 7.88. The maximum absolute atomic E-state index is 13.9. The van der Waals surface area contributed by atoms with Crippen LogP contribution in [-0.4, -0.2) is 24.3 Å². The summed E-state index contributed by atoms with van der Waals surface area (Å²) in [5.41, 5.74) is -0.535. The molecule has 0 aliphatic heterocycles. The highest BCUT2D eigenvalue weighted by Crippen LogP contribution is 2.26. The van der Waals surface area contributed by atoms with Crippen LogP contribution in [-0.2, 0) is 9.53 Å². The molecule has 0 amide bonds. The van der Waals surface area contributed by atoms with Crippen molar-refractivity contribution in [3.63, 3.8) is 0 Å². The number of hydrogen-bond donors (Lipinski definition) is 0. The van der Waals surface area contributed by atoms with Gasteiger partial charge in [0, 0.05) is 5.56 Å². The van der Waals surface area contributed by atoms with E-state index >= 15 is 0 Å². The molecule has 25 heavy (non-hydrogen) atoms. The molecule has 132 valence electrons. The van der Waals surface area contributed by atoms with Crippen molar-refractivity contribution >= 4 is 17.9 Å². The number of hydrazone groups is 1. The summed E-state index contributed by atoms with van der Waals surface area (Å²) in [5.74, 6) is -2.43. The van der Waals surface area contributed by atoms with E-state index in [1.54, 1.807) is 45.0 Å². The molecule has 0 bridgehead atoms. The molecule has 0 saturated carbocycles. The lowest BCUT2D eigenvalue weighted by Crippen LogP contribution is -2.48. The Bertz CT molecular complexity index is 761. The van der Waals surface area contributed by atoms with Gasteiger partial charge in [-0.15, -0.1) is 0 Å². The van der Waals surface area contributed by atoms with E-state index in [0.717, 1.165) is 6.07 Å². The van der Waals surface area contributed by atoms with Gasteiger partial charge < -0.3 is 4.74 Å². The minimum atomic E-state index is -1.14. The van der Waals surface area contributed by atoms with Crippen LogP contribution in [0, 0.1) is 11.6 Å². The number of carbonyl (C=O) groups excluding carboxylic acids is 1. The van der Waals surface area contributed by atoms with Gasteiger partial charge in [0.2, 0.25) is 0 Å². The first kappa shape index (κ1) is 18.6. The summed E-state index contributed by atoms with van der Waals surface area (Å²) in [4.78, 5) is 12.3. The van der Waals surface area contributed by atoms with Crippen LogP contribution in [0.5, 0.6) is 0 Å². The quantitative estimate of drug-likeness (QED) is 0.448. The Balaban J connectivity index is 2.44. The third kappa shape index (κ3) is 4.21. The molecule has 0 atom stereocenters. The fraction of sp³-hybridized carbons (Fsp3) is 0.263. The van der Waals surface area contributed by atoms with E-state index in [2.05, 4.69) is 5.10 Å². The van der Waals surface area contributed by atoms with E-state index in [1.165, 1.54) is 23.4 Å². The van der Waals surface area contributed by atoms with Crippen molar-refractivity contribution in [3.05, 3.63) is 65.7 Å². The molecule has 0 N–H and O–H groups in total. The molecule has 0 aliphatic rings. The zero-order chi connectivity index (χ0) is 18.4. The Morgan fingerprint density at radius 2 is 1.84 bits per heavy atom. The minimum Gasteiger partial charge on any atom is -0.464 e. The van der Waals surface area contributed by atoms with Crippen molar-refractivity contribution in [2.24, 2.45) is 5.10 Å². The van der Waals surface area contributed by atoms with Gasteiger partial charge in [-0.3, -0.25) is 0 Å². The molecule has 0 aromatic heterocycles. The van der Waals surface area contributed by atoms with E-state index in [0.29, 0.717) is 5.69 Å². The molecule has 0 aliphatic carbocycles. The number of para-hydroxylation sites is 1. The van der Waals surface area contributed by atoms with Gasteiger partial charge in [-0.05, 0) is 39.0 Å². The highest BCUT2D eigenvalue weighted by molar-refractivity contribution is 5.86. The molecule has 2 aromatic carbocycles. The molecule has 6 heteroatoms. The number of nitrogens with zero attached hydrogens (tertiary/aromatic N) is 2. The number of rotatable bonds is 6. The van der Waals surface area contributed by atoms with Crippen molar-refractivity contribution in [1.29, 1.82) is 0 Å². The van der Waals surface area contributed by atoms with Crippen LogP contribution in [0.1, 0.15) is 26.3 Å². The normalized spacial score (nSPS) is 11.6. The first-order chi connectivity index (χ1) is 11.9. The molecule has 4 nitrogen and oxygen atoms in total. The van der Waals surface area contributed by atoms with Gasteiger partial charge in [0.25, 0.3) is 0 Å². The average molecular weight is 346 g/mol. The second-order valence-corrected chi connectivity index (χ2v) is 5.81. The zero-order valence-corrected chi connectivity index (χ0v) is 14.4. The predicted molar refractivity (Wildman–Crippen MR) is 93.6 cm³/mol. The first-order valence-corrected chi connectivity index (χ1v) is 7.88. The smallest absolute Gasteiger partial charge is 0.333 e. The lowest BCUT2D eigenvalue weighted by molar-refractivity contribution is -0.148. The molecule has 2 aromatic rings. The van der Waals surface area contributed by atoms with Gasteiger partial charge in [0.05, 0.1) is 18.5 Å². The van der Waals surface area contributed by atoms with Gasteiger partial charge in [-0.2, -0.15) is 5.10 Å². The summed E-state index contributed by atoms with van der Waals surface area (Å²) >= 11 is 0. The Kier molecular flexibility index (Phi) is 5.85. The second-order valence-electron chi connectivity index (χ2n) is 5.81. The molecular weight excluding hydrogens is 326 g/mol. The van der Waals surface area contributed by atoms with Crippen molar-refractivity contribution in [2.75, 3.05) is 11.6 Å². The standard InChI is InChI=1S/C19H20F2N2O2/c1-4-25-18(24)19(2,3)23(15-10-6-5-7-11-15)22-13-14-9-8-12-16(20)17(14)21/h5-13H,4H2,1-3H3/b22-13+. The van der Waals surface area contributed by atoms with Crippen molar-refractivity contribution in [1.82, 2.24) is 0 Å². The number of hydrogen-bond acceptors (Lipinski definition) is 4. The summed E-state index contributed by atoms with van der Waals surface area (Å²) in [6.45, 7) is 5.24. The van der Waals surface area contributed by atoms with Crippen LogP contribution in [0.3, 0.4) is 0 Å². The zero-order valence-electron chi connectivity index (χ0n) is 14.4. The van der Waals surface area contributed by atoms with Gasteiger partial charge in [0.1, 0.15) is 0 Å². The topological polar surface area (TPSA) is 41.9 Å². The maximum Gasteiger partial charge on any atom is 0.333 e. The summed E-state index contributed by atoms with van der Waals surface area (Å²) in [6.07, 6.45) is 1.19. The fourth-order valence-corrected chi connectivity index (χ4v) is 2.24. The molecule has 2 rings (SSSR count). The Hall–Kier alpha value is -2.76. The molecular formula is C19H20F2N2O2. The van der Waals surface area contributed by atoms with Gasteiger partial charge >= 0.3 is 5.97 Å². The summed E-state index contributed by atoms with van der Waals surface area (Å²) in [5, 5.41) is 5.67. The lowest BCUT2D eigenvalue weighted by Gasteiger charge is -2.34. The number of benzene rings is 2. The average Bonchev–Trinajstić information content (AvgIpc) is 2.59. The van der Waals surface area contributed by atoms with Crippen molar-refractivity contribution < 1.29 is 18.3 Å². The highest BCUT2D eigenvalue weighted by atomic mass is 19.2. The highest BCUT2D eigenvalue weighted by Gasteiger charge is 2.36. The van der Waals surface area contributed by atoms with Crippen LogP contribution in [0.4, 0.5) is 14.5 Å². The van der Waals surface area contributed by atoms with E-state index < -0.39 is 23.1 Å². The summed E-state index contributed by atoms with van der Waals surface area (Å²) in [6, 6.07) is 12.8. The van der Waals surface area contributed by atoms with Crippen LogP contribution in [0.25, 0.3) is 0 Å². The third-order valence-corrected chi connectivity index (χ3v) is 3.60. The van der Waals surface area contributed by atoms with E-state index in [1.807, 2.05) is 6.07 Å². The number of esters is 1. The molecule has 0 fully saturated rings. The Labute approximate surface area is 145 Å². The third-order valence-electron chi connectivity index (χ3n) is 3.60.